The number of anilines is 6. The third-order valence-electron chi connectivity index (χ3n) is 20.6. The molecule has 8 heteroatoms. The van der Waals surface area contributed by atoms with Crippen LogP contribution in [0, 0.1) is 23.3 Å². The van der Waals surface area contributed by atoms with Crippen molar-refractivity contribution in [2.24, 2.45) is 0 Å². The molecule has 0 spiro atoms. The summed E-state index contributed by atoms with van der Waals surface area (Å²) in [7, 11) is 0. The van der Waals surface area contributed by atoms with Crippen molar-refractivity contribution in [2.75, 3.05) is 9.80 Å². The second-order valence-corrected chi connectivity index (χ2v) is 25.9. The zero-order chi connectivity index (χ0) is 65.6. The minimum atomic E-state index is -0.815. The van der Waals surface area contributed by atoms with Crippen LogP contribution in [0.25, 0.3) is 33.4 Å². The van der Waals surface area contributed by atoms with Crippen molar-refractivity contribution in [3.8, 4) is 56.4 Å². The van der Waals surface area contributed by atoms with Crippen LogP contribution in [0.15, 0.2) is 315 Å². The molecular formula is C90H60F4N2O2. The van der Waals surface area contributed by atoms with Gasteiger partial charge in [-0.25, -0.2) is 17.6 Å². The molecule has 0 fully saturated rings. The molecule has 4 aliphatic carbocycles. The van der Waals surface area contributed by atoms with Crippen molar-refractivity contribution in [1.29, 1.82) is 0 Å². The lowest BCUT2D eigenvalue weighted by atomic mass is 9.67. The highest BCUT2D eigenvalue weighted by Crippen LogP contribution is 2.60. The Morgan fingerprint density at radius 1 is 0.255 bits per heavy atom. The van der Waals surface area contributed by atoms with Gasteiger partial charge < -0.3 is 19.3 Å². The van der Waals surface area contributed by atoms with E-state index >= 15 is 8.78 Å². The zero-order valence-corrected chi connectivity index (χ0v) is 53.1. The molecule has 14 aromatic rings. The van der Waals surface area contributed by atoms with Crippen LogP contribution in [0.4, 0.5) is 51.7 Å². The number of ether oxygens (including phenoxy) is 2. The van der Waals surface area contributed by atoms with E-state index in [1.165, 1.54) is 46.5 Å². The lowest BCUT2D eigenvalue weighted by molar-refractivity contribution is 0.480. The van der Waals surface area contributed by atoms with Crippen LogP contribution < -0.4 is 19.3 Å². The Hall–Kier alpha value is -12.0. The monoisotopic (exact) mass is 1280 g/mol. The van der Waals surface area contributed by atoms with Gasteiger partial charge in [-0.3, -0.25) is 0 Å². The van der Waals surface area contributed by atoms with E-state index < -0.39 is 34.1 Å². The first-order valence-electron chi connectivity index (χ1n) is 33.3. The molecule has 4 aliphatic rings. The van der Waals surface area contributed by atoms with Gasteiger partial charge in [0.05, 0.1) is 22.2 Å². The number of rotatable bonds is 15. The fraction of sp³-hybridized carbons (Fsp3) is 0.0667. The van der Waals surface area contributed by atoms with Crippen LogP contribution in [-0.2, 0) is 36.5 Å². The fourth-order valence-corrected chi connectivity index (χ4v) is 15.8. The van der Waals surface area contributed by atoms with E-state index in [9.17, 15) is 8.78 Å². The highest BCUT2D eigenvalue weighted by Gasteiger charge is 2.48. The van der Waals surface area contributed by atoms with Crippen LogP contribution in [0.2, 0.25) is 0 Å². The van der Waals surface area contributed by atoms with Crippen LogP contribution in [0.5, 0.6) is 23.0 Å². The van der Waals surface area contributed by atoms with E-state index in [2.05, 4.69) is 170 Å². The van der Waals surface area contributed by atoms with Gasteiger partial charge in [-0.2, -0.15) is 0 Å². The van der Waals surface area contributed by atoms with Gasteiger partial charge in [0.1, 0.15) is 46.3 Å². The summed E-state index contributed by atoms with van der Waals surface area (Å²) in [5.74, 6) is 0.261. The number of nitrogens with zero attached hydrogens (tertiary/aromatic N) is 2. The summed E-state index contributed by atoms with van der Waals surface area (Å²) in [4.78, 5) is 3.70. The topological polar surface area (TPSA) is 24.9 Å². The highest BCUT2D eigenvalue weighted by molar-refractivity contribution is 5.92. The SMILES string of the molecule is Fc1ccc(N(c2ccc(-c3ccc(N(c4ccc5c(c4)C(c4ccccc4)(c4ccc(Oc6ccc7c(c6)CC7)cc4)c4ccccc4-5)c4ccc(F)cc4F)cc3)cc2)c2ccc3c(c2)C(c2ccccc2)(c2ccc(Oc4ccc5c(c4)CC5)cc2)c2ccccc2-3)c(F)c1. The van der Waals surface area contributed by atoms with Gasteiger partial charge in [-0.15, -0.1) is 0 Å². The Labute approximate surface area is 566 Å². The Balaban J connectivity index is 0.712. The van der Waals surface area contributed by atoms with Gasteiger partial charge >= 0.3 is 0 Å². The van der Waals surface area contributed by atoms with Crippen LogP contribution >= 0.6 is 0 Å². The minimum absolute atomic E-state index is 0.171. The Bertz CT molecular complexity index is 5110. The first-order chi connectivity index (χ1) is 48.1. The molecule has 0 aliphatic heterocycles. The number of benzene rings is 14. The number of fused-ring (bicyclic) bond motifs is 8. The van der Waals surface area contributed by atoms with Crippen LogP contribution in [0.1, 0.15) is 66.8 Å². The molecule has 14 aromatic carbocycles. The number of hydrogen-bond acceptors (Lipinski definition) is 4. The van der Waals surface area contributed by atoms with Crippen molar-refractivity contribution in [3.63, 3.8) is 0 Å². The van der Waals surface area contributed by atoms with Gasteiger partial charge in [0.2, 0.25) is 0 Å². The largest absolute Gasteiger partial charge is 0.457 e. The maximum absolute atomic E-state index is 16.7. The summed E-state index contributed by atoms with van der Waals surface area (Å²) in [6.07, 6.45) is 4.31. The van der Waals surface area contributed by atoms with Gasteiger partial charge in [0.15, 0.2) is 0 Å². The predicted molar refractivity (Wildman–Crippen MR) is 384 cm³/mol. The number of hydrogen-bond donors (Lipinski definition) is 0. The Kier molecular flexibility index (Phi) is 14.0. The maximum atomic E-state index is 16.7. The van der Waals surface area contributed by atoms with Crippen molar-refractivity contribution < 1.29 is 27.0 Å². The van der Waals surface area contributed by atoms with Gasteiger partial charge in [0, 0.05) is 34.9 Å². The smallest absolute Gasteiger partial charge is 0.150 e. The average Bonchev–Trinajstić information content (AvgIpc) is 1.54. The molecule has 0 heterocycles. The molecule has 0 amide bonds. The molecule has 18 rings (SSSR count). The Morgan fingerprint density at radius 2 is 0.602 bits per heavy atom. The predicted octanol–water partition coefficient (Wildman–Crippen LogP) is 23.4. The molecule has 2 unspecified atom stereocenters. The zero-order valence-electron chi connectivity index (χ0n) is 53.1. The molecule has 0 saturated carbocycles. The quantitative estimate of drug-likeness (QED) is 0.0955. The molecular weight excluding hydrogens is 1220 g/mol. The summed E-state index contributed by atoms with van der Waals surface area (Å²) >= 11 is 0. The van der Waals surface area contributed by atoms with E-state index in [-0.39, 0.29) is 11.4 Å². The summed E-state index contributed by atoms with van der Waals surface area (Å²) in [6.45, 7) is 0. The summed E-state index contributed by atoms with van der Waals surface area (Å²) in [5.41, 5.74) is 21.1. The molecule has 0 bridgehead atoms. The van der Waals surface area contributed by atoms with E-state index in [1.807, 2.05) is 119 Å². The fourth-order valence-electron chi connectivity index (χ4n) is 15.8. The van der Waals surface area contributed by atoms with E-state index in [1.54, 1.807) is 0 Å². The van der Waals surface area contributed by atoms with Gasteiger partial charge in [-0.1, -0.05) is 182 Å². The molecule has 2 atom stereocenters. The van der Waals surface area contributed by atoms with Gasteiger partial charge in [-0.05, 0) is 247 Å². The lowest BCUT2D eigenvalue weighted by Gasteiger charge is -2.35. The second-order valence-electron chi connectivity index (χ2n) is 25.9. The number of aryl methyl sites for hydroxylation is 4. The van der Waals surface area contributed by atoms with E-state index in [0.717, 1.165) is 139 Å². The standard InChI is InChI=1S/C90H60F4N2O2/c91-67-33-49-87(85(93)53-67)95(71-39-47-79-77-15-7-9-17-81(77)89(83(79)55-71,63-11-3-1-4-12-63)65-29-43-73(44-30-65)97-75-41-27-59-19-21-61(59)51-75)69-35-23-57(24-36-69)58-25-37-70(38-26-58)96(88-50-34-68(92)54-86(88)94)72-40-48-80-78-16-8-10-18-82(78)90(84(80)56-72,64-13-5-2-6-14-64)66-31-45-74(46-32-66)98-76-42-28-60-20-22-62(60)52-76/h1-18,23-56H,19-22H2. The third kappa shape index (κ3) is 9.56. The van der Waals surface area contributed by atoms with Crippen molar-refractivity contribution in [3.05, 3.63) is 405 Å². The van der Waals surface area contributed by atoms with E-state index in [0.29, 0.717) is 22.7 Å². The first kappa shape index (κ1) is 58.6. The molecule has 0 N–H and O–H groups in total. The maximum Gasteiger partial charge on any atom is 0.150 e. The Morgan fingerprint density at radius 3 is 0.980 bits per heavy atom. The van der Waals surface area contributed by atoms with Crippen molar-refractivity contribution in [1.82, 2.24) is 0 Å². The third-order valence-corrected chi connectivity index (χ3v) is 20.6. The highest BCUT2D eigenvalue weighted by atomic mass is 19.1. The molecule has 0 saturated heterocycles. The molecule has 470 valence electrons. The second kappa shape index (κ2) is 23.4. The average molecular weight is 1280 g/mol. The summed E-state index contributed by atoms with van der Waals surface area (Å²) < 4.78 is 76.3. The van der Waals surface area contributed by atoms with Gasteiger partial charge in [0.25, 0.3) is 0 Å². The minimum Gasteiger partial charge on any atom is -0.457 e. The first-order valence-corrected chi connectivity index (χ1v) is 33.3. The normalized spacial score (nSPS) is 15.7. The van der Waals surface area contributed by atoms with E-state index in [4.69, 9.17) is 9.47 Å². The molecule has 0 aromatic heterocycles. The summed E-state index contributed by atoms with van der Waals surface area (Å²) in [6, 6.07) is 103. The molecule has 4 nitrogen and oxygen atoms in total. The lowest BCUT2D eigenvalue weighted by Crippen LogP contribution is -2.28. The van der Waals surface area contributed by atoms with Crippen LogP contribution in [0.3, 0.4) is 0 Å². The van der Waals surface area contributed by atoms with Crippen molar-refractivity contribution >= 4 is 34.1 Å². The number of halogens is 4. The van der Waals surface area contributed by atoms with Crippen molar-refractivity contribution in [2.45, 2.75) is 36.5 Å². The molecule has 0 radical (unpaired) electrons. The summed E-state index contributed by atoms with van der Waals surface area (Å²) in [5, 5.41) is 0. The van der Waals surface area contributed by atoms with Crippen LogP contribution in [-0.4, -0.2) is 0 Å². The molecule has 98 heavy (non-hydrogen) atoms.